The third-order valence-electron chi connectivity index (χ3n) is 8.12. The van der Waals surface area contributed by atoms with E-state index in [1.807, 2.05) is 6.92 Å². The lowest BCUT2D eigenvalue weighted by molar-refractivity contribution is -0.140. The van der Waals surface area contributed by atoms with Gasteiger partial charge >= 0.3 is 0 Å². The predicted octanol–water partition coefficient (Wildman–Crippen LogP) is 6.22. The summed E-state index contributed by atoms with van der Waals surface area (Å²) in [7, 11) is -4.23. The zero-order valence-electron chi connectivity index (χ0n) is 25.1. The van der Waals surface area contributed by atoms with Gasteiger partial charge in [0.05, 0.1) is 10.6 Å². The SMILES string of the molecule is CCC(C(=O)NC1CCCCC1)N(Cc1ccc(Cl)cc1Cl)C(=O)CN(c1ccc2c(c1)OCCO2)S(=O)(=O)c1ccccc1. The summed E-state index contributed by atoms with van der Waals surface area (Å²) >= 11 is 12.7. The van der Waals surface area contributed by atoms with Crippen LogP contribution in [0.25, 0.3) is 0 Å². The molecular formula is C33H37Cl2N3O6S. The summed E-state index contributed by atoms with van der Waals surface area (Å²) in [5.41, 5.74) is 0.802. The summed E-state index contributed by atoms with van der Waals surface area (Å²) in [6.45, 7) is 1.92. The molecule has 240 valence electrons. The van der Waals surface area contributed by atoms with E-state index >= 15 is 0 Å². The smallest absolute Gasteiger partial charge is 0.264 e. The van der Waals surface area contributed by atoms with E-state index in [1.165, 1.54) is 17.0 Å². The second kappa shape index (κ2) is 14.7. The topological polar surface area (TPSA) is 105 Å². The van der Waals surface area contributed by atoms with Gasteiger partial charge in [0, 0.05) is 28.7 Å². The minimum absolute atomic E-state index is 0.0158. The number of nitrogens with zero attached hydrogens (tertiary/aromatic N) is 2. The number of hydrogen-bond donors (Lipinski definition) is 1. The summed E-state index contributed by atoms with van der Waals surface area (Å²) < 4.78 is 40.6. The monoisotopic (exact) mass is 673 g/mol. The number of halogens is 2. The number of fused-ring (bicyclic) bond motifs is 1. The van der Waals surface area contributed by atoms with E-state index in [-0.39, 0.29) is 29.1 Å². The standard InChI is InChI=1S/C33H37Cl2N3O6S/c1-2-29(33(40)36-25-9-5-3-6-10-25)37(21-23-13-14-24(34)19-28(23)35)32(39)22-38(45(41,42)27-11-7-4-8-12-27)26-15-16-30-31(20-26)44-18-17-43-30/h4,7-8,11-16,19-20,25,29H,2-3,5-6,9-10,17-18,21-22H2,1H3,(H,36,40). The maximum atomic E-state index is 14.4. The molecule has 0 saturated heterocycles. The Morgan fingerprint density at radius 3 is 2.33 bits per heavy atom. The maximum Gasteiger partial charge on any atom is 0.264 e. The van der Waals surface area contributed by atoms with Crippen LogP contribution in [0.2, 0.25) is 10.0 Å². The molecule has 2 aliphatic rings. The Labute approximate surface area is 274 Å². The van der Waals surface area contributed by atoms with Crippen LogP contribution in [0.4, 0.5) is 5.69 Å². The molecule has 1 N–H and O–H groups in total. The minimum atomic E-state index is -4.23. The number of carbonyl (C=O) groups excluding carboxylic acids is 2. The van der Waals surface area contributed by atoms with Crippen LogP contribution in [0.5, 0.6) is 11.5 Å². The largest absolute Gasteiger partial charge is 0.486 e. The first-order valence-electron chi connectivity index (χ1n) is 15.2. The second-order valence-corrected chi connectivity index (χ2v) is 13.9. The fourth-order valence-electron chi connectivity index (χ4n) is 5.73. The van der Waals surface area contributed by atoms with Crippen molar-refractivity contribution >= 4 is 50.7 Å². The Kier molecular flexibility index (Phi) is 10.8. The molecule has 1 fully saturated rings. The molecule has 0 aromatic heterocycles. The zero-order chi connectivity index (χ0) is 32.0. The maximum absolute atomic E-state index is 14.4. The van der Waals surface area contributed by atoms with Gasteiger partial charge < -0.3 is 19.7 Å². The average molecular weight is 675 g/mol. The third-order valence-corrected chi connectivity index (χ3v) is 10.5. The molecule has 1 unspecified atom stereocenters. The first-order valence-corrected chi connectivity index (χ1v) is 17.4. The molecule has 1 aliphatic heterocycles. The first-order chi connectivity index (χ1) is 21.7. The summed E-state index contributed by atoms with van der Waals surface area (Å²) in [6, 6.07) is 16.8. The molecule has 1 atom stereocenters. The summed E-state index contributed by atoms with van der Waals surface area (Å²) in [4.78, 5) is 29.6. The van der Waals surface area contributed by atoms with Gasteiger partial charge in [-0.1, -0.05) is 73.7 Å². The van der Waals surface area contributed by atoms with Crippen molar-refractivity contribution in [1.82, 2.24) is 10.2 Å². The van der Waals surface area contributed by atoms with Crippen molar-refractivity contribution in [2.24, 2.45) is 0 Å². The van der Waals surface area contributed by atoms with Crippen LogP contribution in [0.1, 0.15) is 51.0 Å². The predicted molar refractivity (Wildman–Crippen MR) is 175 cm³/mol. The van der Waals surface area contributed by atoms with E-state index in [4.69, 9.17) is 32.7 Å². The summed E-state index contributed by atoms with van der Waals surface area (Å²) in [5, 5.41) is 3.91. The Hall–Kier alpha value is -3.47. The number of hydrogen-bond acceptors (Lipinski definition) is 6. The lowest BCUT2D eigenvalue weighted by Gasteiger charge is -2.34. The van der Waals surface area contributed by atoms with Crippen LogP contribution in [0, 0.1) is 0 Å². The van der Waals surface area contributed by atoms with Crippen molar-refractivity contribution in [3.63, 3.8) is 0 Å². The molecule has 3 aromatic rings. The second-order valence-electron chi connectivity index (χ2n) is 11.2. The van der Waals surface area contributed by atoms with Gasteiger partial charge in [-0.15, -0.1) is 0 Å². The van der Waals surface area contributed by atoms with Crippen LogP contribution in [-0.2, 0) is 26.2 Å². The van der Waals surface area contributed by atoms with Gasteiger partial charge in [-0.25, -0.2) is 8.42 Å². The highest BCUT2D eigenvalue weighted by Gasteiger charge is 2.35. The molecule has 0 spiro atoms. The molecule has 0 bridgehead atoms. The van der Waals surface area contributed by atoms with Gasteiger partial charge in [0.1, 0.15) is 25.8 Å². The highest BCUT2D eigenvalue weighted by Crippen LogP contribution is 2.36. The minimum Gasteiger partial charge on any atom is -0.486 e. The van der Waals surface area contributed by atoms with E-state index in [2.05, 4.69) is 5.32 Å². The van der Waals surface area contributed by atoms with Crippen molar-refractivity contribution in [2.45, 2.75) is 69.0 Å². The normalized spacial score (nSPS) is 15.6. The van der Waals surface area contributed by atoms with Crippen molar-refractivity contribution in [3.8, 4) is 11.5 Å². The lowest BCUT2D eigenvalue weighted by Crippen LogP contribution is -2.54. The number of sulfonamides is 1. The molecule has 5 rings (SSSR count). The molecule has 1 saturated carbocycles. The quantitative estimate of drug-likeness (QED) is 0.259. The molecule has 9 nitrogen and oxygen atoms in total. The van der Waals surface area contributed by atoms with Crippen LogP contribution < -0.4 is 19.1 Å². The number of amides is 2. The number of benzene rings is 3. The van der Waals surface area contributed by atoms with E-state index in [0.29, 0.717) is 46.7 Å². The van der Waals surface area contributed by atoms with Crippen LogP contribution >= 0.6 is 23.2 Å². The van der Waals surface area contributed by atoms with E-state index in [0.717, 1.165) is 36.4 Å². The van der Waals surface area contributed by atoms with Crippen molar-refractivity contribution in [1.29, 1.82) is 0 Å². The summed E-state index contributed by atoms with van der Waals surface area (Å²) in [6.07, 6.45) is 5.28. The molecule has 1 heterocycles. The highest BCUT2D eigenvalue weighted by atomic mass is 35.5. The molecule has 3 aromatic carbocycles. The van der Waals surface area contributed by atoms with Gasteiger partial charge in [-0.05, 0) is 61.2 Å². The number of ether oxygens (including phenoxy) is 2. The van der Waals surface area contributed by atoms with E-state index in [1.54, 1.807) is 54.6 Å². The van der Waals surface area contributed by atoms with Gasteiger partial charge in [0.25, 0.3) is 10.0 Å². The Bertz CT molecular complexity index is 1620. The van der Waals surface area contributed by atoms with E-state index in [9.17, 15) is 18.0 Å². The lowest BCUT2D eigenvalue weighted by atomic mass is 9.95. The van der Waals surface area contributed by atoms with Gasteiger partial charge in [0.2, 0.25) is 11.8 Å². The molecule has 45 heavy (non-hydrogen) atoms. The van der Waals surface area contributed by atoms with Gasteiger partial charge in [0.15, 0.2) is 11.5 Å². The Morgan fingerprint density at radius 1 is 0.933 bits per heavy atom. The Morgan fingerprint density at radius 2 is 1.64 bits per heavy atom. The van der Waals surface area contributed by atoms with Crippen LogP contribution in [0.3, 0.4) is 0 Å². The van der Waals surface area contributed by atoms with Crippen molar-refractivity contribution in [2.75, 3.05) is 24.1 Å². The van der Waals surface area contributed by atoms with Crippen LogP contribution in [0.15, 0.2) is 71.6 Å². The van der Waals surface area contributed by atoms with E-state index < -0.39 is 28.5 Å². The number of nitrogens with one attached hydrogen (secondary N) is 1. The number of rotatable bonds is 11. The molecule has 2 amide bonds. The van der Waals surface area contributed by atoms with Gasteiger partial charge in [-0.2, -0.15) is 0 Å². The number of carbonyl (C=O) groups is 2. The fourth-order valence-corrected chi connectivity index (χ4v) is 7.63. The number of anilines is 1. The zero-order valence-corrected chi connectivity index (χ0v) is 27.4. The third kappa shape index (κ3) is 7.85. The first kappa shape index (κ1) is 32.9. The van der Waals surface area contributed by atoms with Gasteiger partial charge in [-0.3, -0.25) is 13.9 Å². The van der Waals surface area contributed by atoms with Crippen molar-refractivity contribution in [3.05, 3.63) is 82.3 Å². The highest BCUT2D eigenvalue weighted by molar-refractivity contribution is 7.92. The molecule has 0 radical (unpaired) electrons. The average Bonchev–Trinajstić information content (AvgIpc) is 3.05. The molecule has 12 heteroatoms. The fraction of sp³-hybridized carbons (Fsp3) is 0.394. The molecule has 1 aliphatic carbocycles. The molecular weight excluding hydrogens is 637 g/mol. The summed E-state index contributed by atoms with van der Waals surface area (Å²) in [5.74, 6) is 0.0149. The van der Waals surface area contributed by atoms with Crippen molar-refractivity contribution < 1.29 is 27.5 Å². The van der Waals surface area contributed by atoms with Crippen LogP contribution in [-0.4, -0.2) is 57.0 Å². The Balaban J connectivity index is 1.52.